The molecule has 0 aliphatic carbocycles. The Bertz CT molecular complexity index is 897. The predicted octanol–water partition coefficient (Wildman–Crippen LogP) is 1.86. The Morgan fingerprint density at radius 1 is 1.17 bits per heavy atom. The van der Waals surface area contributed by atoms with Gasteiger partial charge >= 0.3 is 0 Å². The smallest absolute Gasteiger partial charge is 0.260 e. The molecule has 0 aliphatic rings. The fourth-order valence-electron chi connectivity index (χ4n) is 2.38. The minimum absolute atomic E-state index is 0.109. The van der Waals surface area contributed by atoms with Crippen molar-refractivity contribution in [2.75, 3.05) is 0 Å². The van der Waals surface area contributed by atoms with Crippen LogP contribution in [-0.2, 0) is 13.1 Å². The number of aromatic amines is 1. The molecule has 2 aromatic heterocycles. The Morgan fingerprint density at radius 3 is 2.71 bits per heavy atom. The monoisotopic (exact) mass is 322 g/mol. The number of amides is 1. The number of benzene rings is 1. The van der Waals surface area contributed by atoms with Crippen molar-refractivity contribution in [3.63, 3.8) is 0 Å². The zero-order valence-corrected chi connectivity index (χ0v) is 13.3. The number of nitrogens with zero attached hydrogens (tertiary/aromatic N) is 2. The van der Waals surface area contributed by atoms with Crippen molar-refractivity contribution in [3.8, 4) is 0 Å². The summed E-state index contributed by atoms with van der Waals surface area (Å²) in [6.45, 7) is 2.76. The molecular formula is C18H18N4O2. The van der Waals surface area contributed by atoms with Crippen molar-refractivity contribution in [2.45, 2.75) is 20.0 Å². The van der Waals surface area contributed by atoms with Gasteiger partial charge in [0.1, 0.15) is 5.56 Å². The van der Waals surface area contributed by atoms with E-state index < -0.39 is 5.91 Å². The molecule has 3 aromatic rings. The number of pyridine rings is 1. The highest BCUT2D eigenvalue weighted by atomic mass is 16.2. The number of hydrogen-bond acceptors (Lipinski definition) is 3. The Hall–Kier alpha value is -3.15. The zero-order valence-electron chi connectivity index (χ0n) is 13.3. The van der Waals surface area contributed by atoms with Gasteiger partial charge in [-0.3, -0.25) is 14.3 Å². The van der Waals surface area contributed by atoms with Crippen molar-refractivity contribution in [1.82, 2.24) is 20.1 Å². The number of carbonyl (C=O) groups excluding carboxylic acids is 1. The number of aromatic nitrogens is 3. The lowest BCUT2D eigenvalue weighted by Crippen LogP contribution is -2.29. The van der Waals surface area contributed by atoms with E-state index in [2.05, 4.69) is 15.4 Å². The molecule has 6 heteroatoms. The number of hydrogen-bond donors (Lipinski definition) is 2. The van der Waals surface area contributed by atoms with Gasteiger partial charge < -0.3 is 10.3 Å². The third-order valence-electron chi connectivity index (χ3n) is 3.63. The summed E-state index contributed by atoms with van der Waals surface area (Å²) in [7, 11) is 0. The van der Waals surface area contributed by atoms with Gasteiger partial charge in [-0.2, -0.15) is 5.10 Å². The highest BCUT2D eigenvalue weighted by Crippen LogP contribution is 2.04. The summed E-state index contributed by atoms with van der Waals surface area (Å²) in [5, 5.41) is 7.03. The Kier molecular flexibility index (Phi) is 4.56. The third-order valence-corrected chi connectivity index (χ3v) is 3.63. The molecule has 1 amide bonds. The second-order valence-electron chi connectivity index (χ2n) is 5.60. The average Bonchev–Trinajstić information content (AvgIpc) is 3.01. The molecule has 0 atom stereocenters. The predicted molar refractivity (Wildman–Crippen MR) is 90.7 cm³/mol. The minimum Gasteiger partial charge on any atom is -0.348 e. The Labute approximate surface area is 139 Å². The van der Waals surface area contributed by atoms with Crippen molar-refractivity contribution in [3.05, 3.63) is 87.6 Å². The van der Waals surface area contributed by atoms with Crippen molar-refractivity contribution < 1.29 is 4.79 Å². The molecule has 0 aliphatic heterocycles. The second-order valence-corrected chi connectivity index (χ2v) is 5.60. The summed E-state index contributed by atoms with van der Waals surface area (Å²) in [6, 6.07) is 13.2. The van der Waals surface area contributed by atoms with Gasteiger partial charge in [-0.05, 0) is 24.6 Å². The normalized spacial score (nSPS) is 10.5. The summed E-state index contributed by atoms with van der Waals surface area (Å²) < 4.78 is 1.81. The number of aryl methyl sites for hydroxylation is 1. The van der Waals surface area contributed by atoms with Crippen molar-refractivity contribution in [1.29, 1.82) is 0 Å². The number of carbonyl (C=O) groups is 1. The minimum atomic E-state index is -0.396. The van der Waals surface area contributed by atoms with Crippen LogP contribution in [0, 0.1) is 6.92 Å². The van der Waals surface area contributed by atoms with Crippen LogP contribution in [0.3, 0.4) is 0 Å². The summed E-state index contributed by atoms with van der Waals surface area (Å²) in [5.41, 5.74) is 2.48. The SMILES string of the molecule is Cc1ccc(C(=O)NCc2cnn(Cc3ccccc3)c2)c(=O)[nH]1. The molecule has 0 saturated carbocycles. The van der Waals surface area contributed by atoms with E-state index in [1.165, 1.54) is 6.07 Å². The first kappa shape index (κ1) is 15.7. The zero-order chi connectivity index (χ0) is 16.9. The van der Waals surface area contributed by atoms with Gasteiger partial charge in [0.25, 0.3) is 11.5 Å². The molecule has 6 nitrogen and oxygen atoms in total. The molecule has 0 spiro atoms. The van der Waals surface area contributed by atoms with E-state index in [1.54, 1.807) is 19.2 Å². The Morgan fingerprint density at radius 2 is 1.96 bits per heavy atom. The molecule has 2 N–H and O–H groups in total. The molecule has 0 bridgehead atoms. The first-order valence-corrected chi connectivity index (χ1v) is 7.65. The van der Waals surface area contributed by atoms with E-state index in [0.717, 1.165) is 16.8 Å². The van der Waals surface area contributed by atoms with E-state index in [4.69, 9.17) is 0 Å². The van der Waals surface area contributed by atoms with Crippen LogP contribution in [0.25, 0.3) is 0 Å². The molecule has 2 heterocycles. The second kappa shape index (κ2) is 6.95. The molecule has 24 heavy (non-hydrogen) atoms. The summed E-state index contributed by atoms with van der Waals surface area (Å²) in [5.74, 6) is -0.396. The fraction of sp³-hybridized carbons (Fsp3) is 0.167. The number of H-pyrrole nitrogens is 1. The Balaban J connectivity index is 1.61. The van der Waals surface area contributed by atoms with E-state index >= 15 is 0 Å². The molecule has 3 rings (SSSR count). The standard InChI is InChI=1S/C18H18N4O2/c1-13-7-8-16(18(24)21-13)17(23)19-9-15-10-20-22(12-15)11-14-5-3-2-4-6-14/h2-8,10,12H,9,11H2,1H3,(H,19,23)(H,21,24). The van der Waals surface area contributed by atoms with Crippen LogP contribution in [0.4, 0.5) is 0 Å². The van der Waals surface area contributed by atoms with E-state index in [0.29, 0.717) is 13.1 Å². The summed E-state index contributed by atoms with van der Waals surface area (Å²) >= 11 is 0. The molecule has 0 saturated heterocycles. The maximum absolute atomic E-state index is 12.1. The van der Waals surface area contributed by atoms with Crippen molar-refractivity contribution >= 4 is 5.91 Å². The number of nitrogens with one attached hydrogen (secondary N) is 2. The van der Waals surface area contributed by atoms with Crippen LogP contribution in [0.15, 0.2) is 59.7 Å². The van der Waals surface area contributed by atoms with Gasteiger partial charge in [0.15, 0.2) is 0 Å². The topological polar surface area (TPSA) is 79.8 Å². The fourth-order valence-corrected chi connectivity index (χ4v) is 2.38. The van der Waals surface area contributed by atoms with E-state index in [9.17, 15) is 9.59 Å². The van der Waals surface area contributed by atoms with Gasteiger partial charge in [-0.25, -0.2) is 0 Å². The maximum atomic E-state index is 12.1. The summed E-state index contributed by atoms with van der Waals surface area (Å²) in [4.78, 5) is 26.5. The van der Waals surface area contributed by atoms with Gasteiger partial charge in [0, 0.05) is 24.0 Å². The largest absolute Gasteiger partial charge is 0.348 e. The molecule has 122 valence electrons. The van der Waals surface area contributed by atoms with E-state index in [-0.39, 0.29) is 11.1 Å². The van der Waals surface area contributed by atoms with Crippen molar-refractivity contribution in [2.24, 2.45) is 0 Å². The first-order valence-electron chi connectivity index (χ1n) is 7.65. The lowest BCUT2D eigenvalue weighted by atomic mass is 10.2. The van der Waals surface area contributed by atoms with Crippen LogP contribution in [0.1, 0.15) is 27.2 Å². The van der Waals surface area contributed by atoms with Gasteiger partial charge in [-0.1, -0.05) is 30.3 Å². The van der Waals surface area contributed by atoms with E-state index in [1.807, 2.05) is 41.2 Å². The van der Waals surface area contributed by atoms with Crippen LogP contribution >= 0.6 is 0 Å². The summed E-state index contributed by atoms with van der Waals surface area (Å²) in [6.07, 6.45) is 3.59. The van der Waals surface area contributed by atoms with Crippen LogP contribution in [0.2, 0.25) is 0 Å². The average molecular weight is 322 g/mol. The quantitative estimate of drug-likeness (QED) is 0.752. The molecule has 0 radical (unpaired) electrons. The number of rotatable bonds is 5. The molecule has 0 unspecified atom stereocenters. The van der Waals surface area contributed by atoms with Crippen LogP contribution < -0.4 is 10.9 Å². The third kappa shape index (κ3) is 3.78. The molecular weight excluding hydrogens is 304 g/mol. The molecule has 0 fully saturated rings. The van der Waals surface area contributed by atoms with Gasteiger partial charge in [0.2, 0.25) is 0 Å². The lowest BCUT2D eigenvalue weighted by molar-refractivity contribution is 0.0949. The first-order chi connectivity index (χ1) is 11.6. The highest BCUT2D eigenvalue weighted by Gasteiger charge is 2.10. The lowest BCUT2D eigenvalue weighted by Gasteiger charge is -2.03. The molecule has 1 aromatic carbocycles. The van der Waals surface area contributed by atoms with Crippen LogP contribution in [0.5, 0.6) is 0 Å². The highest BCUT2D eigenvalue weighted by molar-refractivity contribution is 5.93. The van der Waals surface area contributed by atoms with Gasteiger partial charge in [-0.15, -0.1) is 0 Å². The van der Waals surface area contributed by atoms with Gasteiger partial charge in [0.05, 0.1) is 12.7 Å². The maximum Gasteiger partial charge on any atom is 0.260 e. The van der Waals surface area contributed by atoms with Crippen LogP contribution in [-0.4, -0.2) is 20.7 Å².